The number of hydrogen-bond donors (Lipinski definition) is 0. The number of carbonyl (C=O) groups is 2. The number of amides is 2. The van der Waals surface area contributed by atoms with Crippen LogP contribution in [0.15, 0.2) is 41.0 Å². The average Bonchev–Trinajstić information content (AvgIpc) is 3.21. The van der Waals surface area contributed by atoms with Gasteiger partial charge in [-0.25, -0.2) is 0 Å². The van der Waals surface area contributed by atoms with Crippen molar-refractivity contribution in [2.24, 2.45) is 0 Å². The van der Waals surface area contributed by atoms with Crippen LogP contribution in [0.3, 0.4) is 0 Å². The van der Waals surface area contributed by atoms with Gasteiger partial charge in [-0.3, -0.25) is 9.59 Å². The van der Waals surface area contributed by atoms with E-state index in [0.717, 1.165) is 5.56 Å². The molecule has 1 aromatic heterocycles. The normalized spacial score (nSPS) is 10.7. The number of methoxy groups -OCH3 is 2. The zero-order chi connectivity index (χ0) is 21.4. The van der Waals surface area contributed by atoms with Gasteiger partial charge in [-0.05, 0) is 50.1 Å². The lowest BCUT2D eigenvalue weighted by atomic mass is 10.1. The topological polar surface area (TPSA) is 72.2 Å². The van der Waals surface area contributed by atoms with Crippen LogP contribution in [0.2, 0.25) is 0 Å². The van der Waals surface area contributed by atoms with E-state index in [-0.39, 0.29) is 24.4 Å². The molecule has 0 radical (unpaired) electrons. The van der Waals surface area contributed by atoms with E-state index in [0.29, 0.717) is 36.8 Å². The minimum absolute atomic E-state index is 0.0413. The quantitative estimate of drug-likeness (QED) is 0.611. The molecule has 0 aliphatic rings. The van der Waals surface area contributed by atoms with Crippen LogP contribution in [-0.4, -0.2) is 55.0 Å². The number of benzene rings is 1. The number of hydrogen-bond acceptors (Lipinski definition) is 5. The molecule has 0 aliphatic heterocycles. The highest BCUT2D eigenvalue weighted by atomic mass is 16.5. The molecule has 7 nitrogen and oxygen atoms in total. The van der Waals surface area contributed by atoms with Gasteiger partial charge in [0.1, 0.15) is 5.76 Å². The van der Waals surface area contributed by atoms with Gasteiger partial charge in [-0.15, -0.1) is 0 Å². The third-order valence-electron chi connectivity index (χ3n) is 4.73. The van der Waals surface area contributed by atoms with Crippen molar-refractivity contribution in [2.75, 3.05) is 27.3 Å². The summed E-state index contributed by atoms with van der Waals surface area (Å²) in [5, 5.41) is 0. The van der Waals surface area contributed by atoms with Gasteiger partial charge in [0.05, 0.1) is 33.6 Å². The predicted molar refractivity (Wildman–Crippen MR) is 110 cm³/mol. The standard InChI is InChI=1S/C22H30N2O5/c1-16(2)24(17(3)25)15-22(26)23(14-19-7-6-12-29-19)11-10-18-8-9-20(27-4)21(13-18)28-5/h6-9,12-13,16H,10-11,14-15H2,1-5H3. The van der Waals surface area contributed by atoms with Crippen LogP contribution in [0.1, 0.15) is 32.1 Å². The molecule has 1 aromatic carbocycles. The van der Waals surface area contributed by atoms with Gasteiger partial charge in [0.25, 0.3) is 0 Å². The van der Waals surface area contributed by atoms with E-state index < -0.39 is 0 Å². The molecule has 7 heteroatoms. The van der Waals surface area contributed by atoms with Crippen molar-refractivity contribution in [3.05, 3.63) is 47.9 Å². The van der Waals surface area contributed by atoms with Crippen molar-refractivity contribution < 1.29 is 23.5 Å². The molecule has 0 spiro atoms. The Balaban J connectivity index is 2.13. The second kappa shape index (κ2) is 10.5. The Morgan fingerprint density at radius 2 is 1.83 bits per heavy atom. The molecule has 2 aromatic rings. The summed E-state index contributed by atoms with van der Waals surface area (Å²) in [5.74, 6) is 1.77. The Kier molecular flexibility index (Phi) is 8.12. The van der Waals surface area contributed by atoms with Gasteiger partial charge in [0, 0.05) is 19.5 Å². The van der Waals surface area contributed by atoms with Gasteiger partial charge in [-0.1, -0.05) is 6.07 Å². The molecule has 2 amide bonds. The lowest BCUT2D eigenvalue weighted by Gasteiger charge is -2.29. The summed E-state index contributed by atoms with van der Waals surface area (Å²) in [5.41, 5.74) is 1.02. The Hall–Kier alpha value is -2.96. The first-order valence-corrected chi connectivity index (χ1v) is 9.64. The minimum atomic E-state index is -0.120. The first-order chi connectivity index (χ1) is 13.8. The Morgan fingerprint density at radius 3 is 2.38 bits per heavy atom. The third kappa shape index (κ3) is 6.27. The second-order valence-corrected chi connectivity index (χ2v) is 7.07. The van der Waals surface area contributed by atoms with Crippen molar-refractivity contribution in [3.63, 3.8) is 0 Å². The average molecular weight is 402 g/mol. The number of furan rings is 1. The number of nitrogens with zero attached hydrogens (tertiary/aromatic N) is 2. The van der Waals surface area contributed by atoms with E-state index in [9.17, 15) is 9.59 Å². The maximum atomic E-state index is 13.0. The summed E-state index contributed by atoms with van der Waals surface area (Å²) < 4.78 is 16.1. The van der Waals surface area contributed by atoms with Crippen LogP contribution < -0.4 is 9.47 Å². The minimum Gasteiger partial charge on any atom is -0.493 e. The largest absolute Gasteiger partial charge is 0.493 e. The van der Waals surface area contributed by atoms with E-state index in [1.807, 2.05) is 38.1 Å². The molecule has 1 heterocycles. The Morgan fingerprint density at radius 1 is 1.10 bits per heavy atom. The summed E-state index contributed by atoms with van der Waals surface area (Å²) in [6.07, 6.45) is 2.22. The van der Waals surface area contributed by atoms with Gasteiger partial charge in [-0.2, -0.15) is 0 Å². The van der Waals surface area contributed by atoms with Gasteiger partial charge in [0.15, 0.2) is 11.5 Å². The zero-order valence-corrected chi connectivity index (χ0v) is 17.8. The molecule has 0 unspecified atom stereocenters. The summed E-state index contributed by atoms with van der Waals surface area (Å²) in [6, 6.07) is 9.29. The first kappa shape index (κ1) is 22.3. The van der Waals surface area contributed by atoms with Crippen molar-refractivity contribution in [3.8, 4) is 11.5 Å². The number of rotatable bonds is 10. The lowest BCUT2D eigenvalue weighted by Crippen LogP contribution is -2.45. The van der Waals surface area contributed by atoms with Crippen LogP contribution >= 0.6 is 0 Å². The van der Waals surface area contributed by atoms with Crippen molar-refractivity contribution in [2.45, 2.75) is 39.8 Å². The molecule has 0 N–H and O–H groups in total. The van der Waals surface area contributed by atoms with Crippen molar-refractivity contribution >= 4 is 11.8 Å². The van der Waals surface area contributed by atoms with Crippen LogP contribution in [0, 0.1) is 0 Å². The Labute approximate surface area is 172 Å². The fourth-order valence-corrected chi connectivity index (χ4v) is 3.09. The fraction of sp³-hybridized carbons (Fsp3) is 0.455. The highest BCUT2D eigenvalue weighted by Gasteiger charge is 2.22. The molecule has 0 aliphatic carbocycles. The maximum absolute atomic E-state index is 13.0. The molecule has 2 rings (SSSR count). The number of ether oxygens (including phenoxy) is 2. The molecular weight excluding hydrogens is 372 g/mol. The molecule has 158 valence electrons. The fourth-order valence-electron chi connectivity index (χ4n) is 3.09. The zero-order valence-electron chi connectivity index (χ0n) is 17.8. The summed E-state index contributed by atoms with van der Waals surface area (Å²) >= 11 is 0. The van der Waals surface area contributed by atoms with Gasteiger partial charge in [0.2, 0.25) is 11.8 Å². The summed E-state index contributed by atoms with van der Waals surface area (Å²) in [6.45, 7) is 6.15. The SMILES string of the molecule is COc1ccc(CCN(Cc2ccco2)C(=O)CN(C(C)=O)C(C)C)cc1OC. The van der Waals surface area contributed by atoms with Crippen LogP contribution in [0.5, 0.6) is 11.5 Å². The van der Waals surface area contributed by atoms with Crippen molar-refractivity contribution in [1.82, 2.24) is 9.80 Å². The van der Waals surface area contributed by atoms with Crippen LogP contribution in [0.25, 0.3) is 0 Å². The van der Waals surface area contributed by atoms with E-state index in [4.69, 9.17) is 13.9 Å². The molecule has 0 saturated heterocycles. The summed E-state index contributed by atoms with van der Waals surface area (Å²) in [4.78, 5) is 28.1. The first-order valence-electron chi connectivity index (χ1n) is 9.64. The van der Waals surface area contributed by atoms with E-state index >= 15 is 0 Å². The van der Waals surface area contributed by atoms with Crippen molar-refractivity contribution in [1.29, 1.82) is 0 Å². The summed E-state index contributed by atoms with van der Waals surface area (Å²) in [7, 11) is 3.19. The molecular formula is C22H30N2O5. The second-order valence-electron chi connectivity index (χ2n) is 7.07. The lowest BCUT2D eigenvalue weighted by molar-refractivity contribution is -0.141. The predicted octanol–water partition coefficient (Wildman–Crippen LogP) is 3.13. The van der Waals surface area contributed by atoms with Gasteiger partial charge < -0.3 is 23.7 Å². The highest BCUT2D eigenvalue weighted by molar-refractivity contribution is 5.84. The molecule has 0 fully saturated rings. The van der Waals surface area contributed by atoms with Crippen LogP contribution in [-0.2, 0) is 22.6 Å². The molecule has 0 bridgehead atoms. The third-order valence-corrected chi connectivity index (χ3v) is 4.73. The monoisotopic (exact) mass is 402 g/mol. The molecule has 0 atom stereocenters. The molecule has 0 saturated carbocycles. The van der Waals surface area contributed by atoms with Gasteiger partial charge >= 0.3 is 0 Å². The number of carbonyl (C=O) groups excluding carboxylic acids is 2. The smallest absolute Gasteiger partial charge is 0.242 e. The van der Waals surface area contributed by atoms with E-state index in [1.54, 1.807) is 36.3 Å². The van der Waals surface area contributed by atoms with E-state index in [2.05, 4.69) is 0 Å². The van der Waals surface area contributed by atoms with E-state index in [1.165, 1.54) is 6.92 Å². The molecule has 29 heavy (non-hydrogen) atoms. The van der Waals surface area contributed by atoms with Crippen LogP contribution in [0.4, 0.5) is 0 Å². The maximum Gasteiger partial charge on any atom is 0.242 e. The Bertz CT molecular complexity index is 802. The highest BCUT2D eigenvalue weighted by Crippen LogP contribution is 2.27.